The Hall–Kier alpha value is -0.220. The predicted molar refractivity (Wildman–Crippen MR) is 46.8 cm³/mol. The van der Waals surface area contributed by atoms with Gasteiger partial charge in [-0.2, -0.15) is 0 Å². The van der Waals surface area contributed by atoms with Gasteiger partial charge < -0.3 is 0 Å². The minimum Gasteiger partial charge on any atom is -0.294 e. The van der Waals surface area contributed by atoms with Crippen LogP contribution < -0.4 is 4.87 Å². The number of nitrogens with zero attached hydrogens (tertiary/aromatic N) is 1. The molecule has 1 aromatic rings. The average molecular weight is 175 g/mol. The van der Waals surface area contributed by atoms with Gasteiger partial charge in [-0.3, -0.25) is 9.36 Å². The van der Waals surface area contributed by atoms with E-state index in [1.54, 1.807) is 16.3 Å². The van der Waals surface area contributed by atoms with Crippen molar-refractivity contribution < 1.29 is 0 Å². The summed E-state index contributed by atoms with van der Waals surface area (Å²) in [5, 5.41) is 1.89. The summed E-state index contributed by atoms with van der Waals surface area (Å²) in [6.07, 6.45) is 1.99. The minimum absolute atomic E-state index is 0.145. The number of hydrogen-bond acceptors (Lipinski definition) is 3. The third kappa shape index (κ3) is 1.44. The molecule has 0 amide bonds. The number of hydrogen-bond donors (Lipinski definition) is 0. The second-order valence-corrected chi connectivity index (χ2v) is 3.64. The summed E-state index contributed by atoms with van der Waals surface area (Å²) in [6.45, 7) is 1.95. The molecule has 0 atom stereocenters. The molecule has 10 heavy (non-hydrogen) atoms. The maximum atomic E-state index is 11.0. The van der Waals surface area contributed by atoms with Crippen molar-refractivity contribution in [2.75, 3.05) is 6.26 Å². The molecule has 0 saturated carbocycles. The maximum Gasteiger partial charge on any atom is 0.308 e. The Balaban J connectivity index is 2.99. The molecule has 0 spiro atoms. The lowest BCUT2D eigenvalue weighted by Crippen LogP contribution is -2.12. The lowest BCUT2D eigenvalue weighted by molar-refractivity contribution is 0.835. The number of rotatable bonds is 2. The number of aromatic nitrogens is 1. The van der Waals surface area contributed by atoms with Crippen LogP contribution in [-0.2, 0) is 5.88 Å². The van der Waals surface area contributed by atoms with E-state index in [2.05, 4.69) is 0 Å². The van der Waals surface area contributed by atoms with E-state index in [-0.39, 0.29) is 4.87 Å². The first-order chi connectivity index (χ1) is 4.75. The van der Waals surface area contributed by atoms with Gasteiger partial charge in [0.1, 0.15) is 0 Å². The monoisotopic (exact) mass is 175 g/mol. The largest absolute Gasteiger partial charge is 0.308 e. The van der Waals surface area contributed by atoms with E-state index in [0.29, 0.717) is 0 Å². The van der Waals surface area contributed by atoms with Gasteiger partial charge in [0.05, 0.1) is 5.88 Å². The van der Waals surface area contributed by atoms with Crippen molar-refractivity contribution in [3.8, 4) is 0 Å². The quantitative estimate of drug-likeness (QED) is 0.680. The second kappa shape index (κ2) is 3.25. The molecule has 0 fully saturated rings. The molecule has 0 aliphatic rings. The van der Waals surface area contributed by atoms with Crippen LogP contribution in [0.15, 0.2) is 10.2 Å². The van der Waals surface area contributed by atoms with E-state index in [4.69, 9.17) is 0 Å². The molecule has 0 saturated heterocycles. The van der Waals surface area contributed by atoms with Crippen molar-refractivity contribution in [1.82, 2.24) is 4.57 Å². The molecule has 1 aromatic heterocycles. The van der Waals surface area contributed by atoms with Crippen LogP contribution in [0.25, 0.3) is 0 Å². The van der Waals surface area contributed by atoms with Crippen LogP contribution in [0.1, 0.15) is 5.69 Å². The fraction of sp³-hybridized carbons (Fsp3) is 0.500. The predicted octanol–water partition coefficient (Wildman–Crippen LogP) is 1.54. The van der Waals surface area contributed by atoms with Crippen molar-refractivity contribution in [2.45, 2.75) is 12.8 Å². The highest BCUT2D eigenvalue weighted by Crippen LogP contribution is 2.03. The van der Waals surface area contributed by atoms with E-state index >= 15 is 0 Å². The first-order valence-corrected chi connectivity index (χ1v) is 5.17. The van der Waals surface area contributed by atoms with Crippen LogP contribution >= 0.6 is 23.1 Å². The molecular formula is C6H9NOS2. The summed E-state index contributed by atoms with van der Waals surface area (Å²) in [5.74, 6) is 0.772. The van der Waals surface area contributed by atoms with Crippen molar-refractivity contribution in [1.29, 1.82) is 0 Å². The zero-order chi connectivity index (χ0) is 7.56. The van der Waals surface area contributed by atoms with Crippen LogP contribution in [0.4, 0.5) is 0 Å². The Morgan fingerprint density at radius 2 is 2.50 bits per heavy atom. The van der Waals surface area contributed by atoms with E-state index in [9.17, 15) is 4.79 Å². The average Bonchev–Trinajstić information content (AvgIpc) is 2.20. The van der Waals surface area contributed by atoms with E-state index < -0.39 is 0 Å². The molecule has 2 nitrogen and oxygen atoms in total. The second-order valence-electron chi connectivity index (χ2n) is 1.99. The standard InChI is InChI=1S/C6H9NOS2/c1-5-3-10-6(8)7(5)4-9-2/h3H,4H2,1-2H3. The zero-order valence-corrected chi connectivity index (χ0v) is 7.59. The molecule has 0 N–H and O–H groups in total. The Bertz CT molecular complexity index is 263. The maximum absolute atomic E-state index is 11.0. The molecule has 4 heteroatoms. The van der Waals surface area contributed by atoms with Crippen LogP contribution in [0, 0.1) is 6.92 Å². The summed E-state index contributed by atoms with van der Waals surface area (Å²) in [6, 6.07) is 0. The van der Waals surface area contributed by atoms with Gasteiger partial charge in [0.25, 0.3) is 0 Å². The Morgan fingerprint density at radius 3 is 2.90 bits per heavy atom. The Labute approximate surface area is 67.9 Å². The third-order valence-electron chi connectivity index (χ3n) is 1.23. The van der Waals surface area contributed by atoms with E-state index in [0.717, 1.165) is 11.6 Å². The van der Waals surface area contributed by atoms with E-state index in [1.165, 1.54) is 11.3 Å². The van der Waals surface area contributed by atoms with Crippen molar-refractivity contribution in [3.63, 3.8) is 0 Å². The Morgan fingerprint density at radius 1 is 1.80 bits per heavy atom. The highest BCUT2D eigenvalue weighted by Gasteiger charge is 1.98. The van der Waals surface area contributed by atoms with Crippen molar-refractivity contribution in [2.24, 2.45) is 0 Å². The minimum atomic E-state index is 0.145. The van der Waals surface area contributed by atoms with Crippen LogP contribution in [0.5, 0.6) is 0 Å². The summed E-state index contributed by atoms with van der Waals surface area (Å²) in [4.78, 5) is 11.1. The zero-order valence-electron chi connectivity index (χ0n) is 5.96. The number of thiazole rings is 1. The molecule has 0 aromatic carbocycles. The molecule has 1 rings (SSSR count). The van der Waals surface area contributed by atoms with Gasteiger partial charge in [-0.05, 0) is 13.2 Å². The molecule has 1 heterocycles. The smallest absolute Gasteiger partial charge is 0.294 e. The van der Waals surface area contributed by atoms with E-state index in [1.807, 2.05) is 18.6 Å². The fourth-order valence-corrected chi connectivity index (χ4v) is 2.09. The van der Waals surface area contributed by atoms with Gasteiger partial charge in [-0.15, -0.1) is 11.8 Å². The van der Waals surface area contributed by atoms with Crippen molar-refractivity contribution >= 4 is 23.1 Å². The molecular weight excluding hydrogens is 166 g/mol. The first kappa shape index (κ1) is 7.88. The van der Waals surface area contributed by atoms with Gasteiger partial charge in [0.15, 0.2) is 0 Å². The first-order valence-electron chi connectivity index (χ1n) is 2.89. The molecule has 56 valence electrons. The van der Waals surface area contributed by atoms with Gasteiger partial charge in [-0.25, -0.2) is 0 Å². The highest BCUT2D eigenvalue weighted by atomic mass is 32.2. The summed E-state index contributed by atoms with van der Waals surface area (Å²) < 4.78 is 1.77. The van der Waals surface area contributed by atoms with Gasteiger partial charge >= 0.3 is 4.87 Å². The highest BCUT2D eigenvalue weighted by molar-refractivity contribution is 7.97. The normalized spacial score (nSPS) is 10.2. The lowest BCUT2D eigenvalue weighted by atomic mass is 10.6. The van der Waals surface area contributed by atoms with Crippen molar-refractivity contribution in [3.05, 3.63) is 20.7 Å². The SMILES string of the molecule is CSCn1c(C)csc1=O. The third-order valence-corrected chi connectivity index (χ3v) is 2.63. The fourth-order valence-electron chi connectivity index (χ4n) is 0.691. The topological polar surface area (TPSA) is 22.0 Å². The molecule has 0 aliphatic heterocycles. The molecule has 0 radical (unpaired) electrons. The summed E-state index contributed by atoms with van der Waals surface area (Å²) in [5.41, 5.74) is 1.06. The molecule has 0 aliphatic carbocycles. The van der Waals surface area contributed by atoms with Gasteiger partial charge in [-0.1, -0.05) is 11.3 Å². The van der Waals surface area contributed by atoms with Crippen LogP contribution in [0.3, 0.4) is 0 Å². The molecule has 0 unspecified atom stereocenters. The lowest BCUT2D eigenvalue weighted by Gasteiger charge is -1.98. The number of aryl methyl sites for hydroxylation is 1. The van der Waals surface area contributed by atoms with Gasteiger partial charge in [0, 0.05) is 11.1 Å². The Kier molecular flexibility index (Phi) is 2.56. The van der Waals surface area contributed by atoms with Crippen LogP contribution in [-0.4, -0.2) is 10.8 Å². The summed E-state index contributed by atoms with van der Waals surface area (Å²) in [7, 11) is 0. The van der Waals surface area contributed by atoms with Gasteiger partial charge in [0.2, 0.25) is 0 Å². The number of thioether (sulfide) groups is 1. The molecule has 0 bridgehead atoms. The van der Waals surface area contributed by atoms with Crippen LogP contribution in [0.2, 0.25) is 0 Å². The summed E-state index contributed by atoms with van der Waals surface area (Å²) >= 11 is 2.92.